The Hall–Kier alpha value is -1.83. The van der Waals surface area contributed by atoms with Crippen LogP contribution in [0.25, 0.3) is 0 Å². The Morgan fingerprint density at radius 1 is 1.41 bits per heavy atom. The fourth-order valence-corrected chi connectivity index (χ4v) is 3.94. The number of thiazole rings is 1. The molecular formula is C18H19Cl2N3O3S. The summed E-state index contributed by atoms with van der Waals surface area (Å²) in [6, 6.07) is 4.85. The molecule has 144 valence electrons. The molecule has 0 radical (unpaired) electrons. The number of rotatable bonds is 5. The molecule has 0 spiro atoms. The highest BCUT2D eigenvalue weighted by Gasteiger charge is 2.31. The van der Waals surface area contributed by atoms with Crippen LogP contribution < -0.4 is 10.1 Å². The van der Waals surface area contributed by atoms with E-state index in [0.29, 0.717) is 34.0 Å². The van der Waals surface area contributed by atoms with E-state index in [2.05, 4.69) is 10.3 Å². The Morgan fingerprint density at radius 3 is 2.93 bits per heavy atom. The molecule has 9 heteroatoms. The van der Waals surface area contributed by atoms with Gasteiger partial charge < -0.3 is 15.0 Å². The van der Waals surface area contributed by atoms with Crippen LogP contribution >= 0.6 is 34.5 Å². The van der Waals surface area contributed by atoms with Crippen LogP contribution in [0, 0.1) is 5.92 Å². The largest absolute Gasteiger partial charge is 0.479 e. The molecule has 2 heterocycles. The van der Waals surface area contributed by atoms with Gasteiger partial charge in [-0.25, -0.2) is 4.98 Å². The van der Waals surface area contributed by atoms with Crippen LogP contribution in [0.15, 0.2) is 29.8 Å². The molecule has 1 fully saturated rings. The average molecular weight is 428 g/mol. The minimum absolute atomic E-state index is 0.114. The summed E-state index contributed by atoms with van der Waals surface area (Å²) in [5, 5.41) is 6.01. The summed E-state index contributed by atoms with van der Waals surface area (Å²) in [7, 11) is 0. The van der Waals surface area contributed by atoms with E-state index >= 15 is 0 Å². The van der Waals surface area contributed by atoms with Crippen LogP contribution in [-0.4, -0.2) is 40.9 Å². The van der Waals surface area contributed by atoms with Crippen LogP contribution in [0.3, 0.4) is 0 Å². The number of benzene rings is 1. The Labute approximate surface area is 171 Å². The molecule has 2 atom stereocenters. The van der Waals surface area contributed by atoms with Crippen molar-refractivity contribution in [3.05, 3.63) is 39.8 Å². The second-order valence-electron chi connectivity index (χ2n) is 6.28. The van der Waals surface area contributed by atoms with Gasteiger partial charge in [-0.3, -0.25) is 9.59 Å². The van der Waals surface area contributed by atoms with Gasteiger partial charge in [-0.2, -0.15) is 0 Å². The number of halogens is 2. The van der Waals surface area contributed by atoms with Crippen LogP contribution in [0.2, 0.25) is 10.0 Å². The van der Waals surface area contributed by atoms with Gasteiger partial charge in [-0.1, -0.05) is 23.2 Å². The number of hydrogen-bond donors (Lipinski definition) is 1. The number of aromatic nitrogens is 1. The van der Waals surface area contributed by atoms with E-state index in [0.717, 1.165) is 12.8 Å². The van der Waals surface area contributed by atoms with Crippen LogP contribution in [-0.2, 0) is 9.59 Å². The highest BCUT2D eigenvalue weighted by atomic mass is 35.5. The number of hydrogen-bond acceptors (Lipinski definition) is 5. The van der Waals surface area contributed by atoms with E-state index in [1.54, 1.807) is 41.6 Å². The van der Waals surface area contributed by atoms with Gasteiger partial charge in [0.2, 0.25) is 5.91 Å². The first-order valence-electron chi connectivity index (χ1n) is 8.55. The van der Waals surface area contributed by atoms with E-state index in [1.165, 1.54) is 11.3 Å². The van der Waals surface area contributed by atoms with Gasteiger partial charge in [-0.05, 0) is 38.0 Å². The van der Waals surface area contributed by atoms with E-state index in [4.69, 9.17) is 27.9 Å². The number of nitrogens with zero attached hydrogens (tertiary/aromatic N) is 2. The standard InChI is InChI=1S/C18H19Cl2N3O3S/c1-11(26-15-5-4-13(19)9-14(15)20)17(25)23-7-2-3-12(10-23)16(24)22-18-21-6-8-27-18/h4-6,8-9,11-12H,2-3,7,10H2,1H3,(H,21,22,24). The van der Waals surface area contributed by atoms with Gasteiger partial charge >= 0.3 is 0 Å². The van der Waals surface area contributed by atoms with Gasteiger partial charge in [-0.15, -0.1) is 11.3 Å². The topological polar surface area (TPSA) is 71.5 Å². The average Bonchev–Trinajstić information content (AvgIpc) is 3.16. The first-order valence-corrected chi connectivity index (χ1v) is 10.2. The van der Waals surface area contributed by atoms with Gasteiger partial charge in [0.1, 0.15) is 5.75 Å². The minimum atomic E-state index is -0.718. The third-order valence-corrected chi connectivity index (χ3v) is 5.53. The predicted molar refractivity (Wildman–Crippen MR) is 107 cm³/mol. The van der Waals surface area contributed by atoms with Crippen LogP contribution in [0.4, 0.5) is 5.13 Å². The molecular weight excluding hydrogens is 409 g/mol. The molecule has 1 N–H and O–H groups in total. The number of anilines is 1. The fourth-order valence-electron chi connectivity index (χ4n) is 2.95. The van der Waals surface area contributed by atoms with Crippen molar-refractivity contribution in [3.63, 3.8) is 0 Å². The highest BCUT2D eigenvalue weighted by Crippen LogP contribution is 2.29. The monoisotopic (exact) mass is 427 g/mol. The predicted octanol–water partition coefficient (Wildman–Crippen LogP) is 4.09. The molecule has 0 aliphatic carbocycles. The lowest BCUT2D eigenvalue weighted by atomic mass is 9.97. The zero-order valence-electron chi connectivity index (χ0n) is 14.7. The van der Waals surface area contributed by atoms with Crippen molar-refractivity contribution in [2.45, 2.75) is 25.9 Å². The summed E-state index contributed by atoms with van der Waals surface area (Å²) in [5.74, 6) is -0.153. The Morgan fingerprint density at radius 2 is 2.22 bits per heavy atom. The molecule has 6 nitrogen and oxygen atoms in total. The second kappa shape index (κ2) is 8.91. The number of carbonyl (C=O) groups excluding carboxylic acids is 2. The first kappa shape index (κ1) is 19.9. The second-order valence-corrected chi connectivity index (χ2v) is 8.02. The number of carbonyl (C=O) groups is 2. The summed E-state index contributed by atoms with van der Waals surface area (Å²) >= 11 is 13.3. The third-order valence-electron chi connectivity index (χ3n) is 4.31. The van der Waals surface area contributed by atoms with E-state index in [-0.39, 0.29) is 17.7 Å². The van der Waals surface area contributed by atoms with Crippen LogP contribution in [0.5, 0.6) is 5.75 Å². The van der Waals surface area contributed by atoms with E-state index in [9.17, 15) is 9.59 Å². The molecule has 1 aliphatic heterocycles. The number of piperidine rings is 1. The molecule has 2 amide bonds. The summed E-state index contributed by atoms with van der Waals surface area (Å²) < 4.78 is 5.71. The molecule has 3 rings (SSSR count). The fraction of sp³-hybridized carbons (Fsp3) is 0.389. The van der Waals surface area contributed by atoms with E-state index in [1.807, 2.05) is 0 Å². The van der Waals surface area contributed by atoms with Gasteiger partial charge in [0.25, 0.3) is 5.91 Å². The quantitative estimate of drug-likeness (QED) is 0.779. The molecule has 27 heavy (non-hydrogen) atoms. The molecule has 0 bridgehead atoms. The number of ether oxygens (including phenoxy) is 1. The first-order chi connectivity index (χ1) is 12.9. The lowest BCUT2D eigenvalue weighted by Gasteiger charge is -2.33. The zero-order valence-corrected chi connectivity index (χ0v) is 17.0. The summed E-state index contributed by atoms with van der Waals surface area (Å²) in [6.07, 6.45) is 2.41. The highest BCUT2D eigenvalue weighted by molar-refractivity contribution is 7.13. The molecule has 1 saturated heterocycles. The third kappa shape index (κ3) is 5.12. The molecule has 0 saturated carbocycles. The van der Waals surface area contributed by atoms with Crippen molar-refractivity contribution >= 4 is 51.5 Å². The maximum atomic E-state index is 12.8. The van der Waals surface area contributed by atoms with Crippen LogP contribution in [0.1, 0.15) is 19.8 Å². The minimum Gasteiger partial charge on any atom is -0.479 e. The molecule has 2 aromatic rings. The van der Waals surface area contributed by atoms with Crippen molar-refractivity contribution in [1.29, 1.82) is 0 Å². The normalized spacial score (nSPS) is 18.0. The zero-order chi connectivity index (χ0) is 19.4. The summed E-state index contributed by atoms with van der Waals surface area (Å²) in [5.41, 5.74) is 0. The Kier molecular flexibility index (Phi) is 6.57. The van der Waals surface area contributed by atoms with Crippen molar-refractivity contribution in [2.75, 3.05) is 18.4 Å². The maximum Gasteiger partial charge on any atom is 0.263 e. The van der Waals surface area contributed by atoms with Crippen molar-refractivity contribution < 1.29 is 14.3 Å². The Balaban J connectivity index is 1.59. The van der Waals surface area contributed by atoms with Crippen molar-refractivity contribution in [1.82, 2.24) is 9.88 Å². The van der Waals surface area contributed by atoms with Gasteiger partial charge in [0.05, 0.1) is 10.9 Å². The molecule has 1 aromatic heterocycles. The lowest BCUT2D eigenvalue weighted by molar-refractivity contribution is -0.140. The van der Waals surface area contributed by atoms with Crippen molar-refractivity contribution in [2.24, 2.45) is 5.92 Å². The number of amides is 2. The smallest absolute Gasteiger partial charge is 0.263 e. The van der Waals surface area contributed by atoms with Crippen molar-refractivity contribution in [3.8, 4) is 5.75 Å². The number of nitrogens with one attached hydrogen (secondary N) is 1. The maximum absolute atomic E-state index is 12.8. The van der Waals surface area contributed by atoms with Gasteiger partial charge in [0.15, 0.2) is 11.2 Å². The molecule has 2 unspecified atom stereocenters. The van der Waals surface area contributed by atoms with Gasteiger partial charge in [0, 0.05) is 29.7 Å². The van der Waals surface area contributed by atoms with E-state index < -0.39 is 6.10 Å². The molecule has 1 aromatic carbocycles. The molecule has 1 aliphatic rings. The lowest BCUT2D eigenvalue weighted by Crippen LogP contribution is -2.48. The Bertz CT molecular complexity index is 816. The summed E-state index contributed by atoms with van der Waals surface area (Å²) in [4.78, 5) is 30.9. The SMILES string of the molecule is CC(Oc1ccc(Cl)cc1Cl)C(=O)N1CCCC(C(=O)Nc2nccs2)C1. The number of likely N-dealkylation sites (tertiary alicyclic amines) is 1. The summed E-state index contributed by atoms with van der Waals surface area (Å²) in [6.45, 7) is 2.63.